The van der Waals surface area contributed by atoms with Crippen LogP contribution in [0.4, 0.5) is 22.0 Å². The van der Waals surface area contributed by atoms with E-state index >= 15 is 0 Å². The molecule has 0 bridgehead atoms. The van der Waals surface area contributed by atoms with Gasteiger partial charge in [-0.2, -0.15) is 22.0 Å². The van der Waals surface area contributed by atoms with Gasteiger partial charge < -0.3 is 14.9 Å². The summed E-state index contributed by atoms with van der Waals surface area (Å²) in [6, 6.07) is 0. The predicted octanol–water partition coefficient (Wildman–Crippen LogP) is 0.471. The molecule has 0 aliphatic carbocycles. The Labute approximate surface area is 86.6 Å². The first kappa shape index (κ1) is 15.0. The maximum Gasteiger partial charge on any atom is 0.465 e. The van der Waals surface area contributed by atoms with Crippen molar-refractivity contribution in [2.75, 3.05) is 13.2 Å². The standard InChI is InChI=1S/C7H9F5O4/c8-6(9,7(10,11)12)5(15)16-2-1-4(14)3-13/h4,13-14H,1-3H2. The first-order chi connectivity index (χ1) is 7.13. The Morgan fingerprint density at radius 1 is 1.25 bits per heavy atom. The molecule has 0 aliphatic heterocycles. The smallest absolute Gasteiger partial charge is 0.461 e. The lowest BCUT2D eigenvalue weighted by molar-refractivity contribution is -0.280. The second-order valence-corrected chi connectivity index (χ2v) is 2.83. The Morgan fingerprint density at radius 3 is 2.12 bits per heavy atom. The van der Waals surface area contributed by atoms with Crippen molar-refractivity contribution < 1.29 is 41.7 Å². The molecular weight excluding hydrogens is 243 g/mol. The van der Waals surface area contributed by atoms with E-state index in [1.807, 2.05) is 0 Å². The topological polar surface area (TPSA) is 66.8 Å². The van der Waals surface area contributed by atoms with Crippen molar-refractivity contribution in [2.45, 2.75) is 24.6 Å². The van der Waals surface area contributed by atoms with Crippen molar-refractivity contribution in [3.63, 3.8) is 0 Å². The molecule has 4 nitrogen and oxygen atoms in total. The number of esters is 1. The number of aliphatic hydroxyl groups is 2. The Kier molecular flexibility index (Phi) is 5.07. The molecule has 0 spiro atoms. The number of halogens is 5. The van der Waals surface area contributed by atoms with Gasteiger partial charge in [0.2, 0.25) is 0 Å². The fourth-order valence-electron chi connectivity index (χ4n) is 0.585. The van der Waals surface area contributed by atoms with Crippen LogP contribution in [-0.4, -0.2) is 47.6 Å². The molecule has 0 radical (unpaired) electrons. The van der Waals surface area contributed by atoms with Crippen LogP contribution in [-0.2, 0) is 9.53 Å². The van der Waals surface area contributed by atoms with Crippen LogP contribution >= 0.6 is 0 Å². The van der Waals surface area contributed by atoms with Gasteiger partial charge in [-0.1, -0.05) is 0 Å². The second-order valence-electron chi connectivity index (χ2n) is 2.83. The van der Waals surface area contributed by atoms with Crippen molar-refractivity contribution in [1.29, 1.82) is 0 Å². The van der Waals surface area contributed by atoms with Gasteiger partial charge in [-0.05, 0) is 0 Å². The van der Waals surface area contributed by atoms with Crippen molar-refractivity contribution in [2.24, 2.45) is 0 Å². The fourth-order valence-corrected chi connectivity index (χ4v) is 0.585. The summed E-state index contributed by atoms with van der Waals surface area (Å²) >= 11 is 0. The predicted molar refractivity (Wildman–Crippen MR) is 39.7 cm³/mol. The van der Waals surface area contributed by atoms with Crippen LogP contribution < -0.4 is 0 Å². The van der Waals surface area contributed by atoms with E-state index < -0.39 is 43.8 Å². The monoisotopic (exact) mass is 252 g/mol. The third-order valence-electron chi connectivity index (χ3n) is 1.51. The van der Waals surface area contributed by atoms with Crippen molar-refractivity contribution in [3.8, 4) is 0 Å². The zero-order chi connectivity index (χ0) is 13.0. The highest BCUT2D eigenvalue weighted by Crippen LogP contribution is 2.36. The number of rotatable bonds is 5. The van der Waals surface area contributed by atoms with Gasteiger partial charge in [0.1, 0.15) is 0 Å². The molecule has 0 amide bonds. The lowest BCUT2D eigenvalue weighted by atomic mass is 10.3. The first-order valence-electron chi connectivity index (χ1n) is 4.03. The summed E-state index contributed by atoms with van der Waals surface area (Å²) in [4.78, 5) is 10.3. The Balaban J connectivity index is 4.17. The number of ether oxygens (including phenoxy) is 1. The lowest BCUT2D eigenvalue weighted by Crippen LogP contribution is -2.45. The summed E-state index contributed by atoms with van der Waals surface area (Å²) in [6.45, 7) is -1.56. The molecule has 2 N–H and O–H groups in total. The van der Waals surface area contributed by atoms with E-state index in [4.69, 9.17) is 10.2 Å². The molecule has 0 aliphatic rings. The van der Waals surface area contributed by atoms with Crippen LogP contribution in [0.15, 0.2) is 0 Å². The number of carbonyl (C=O) groups excluding carboxylic acids is 1. The molecule has 0 heterocycles. The number of carbonyl (C=O) groups is 1. The highest BCUT2D eigenvalue weighted by Gasteiger charge is 2.64. The molecule has 0 aromatic carbocycles. The molecule has 9 heteroatoms. The van der Waals surface area contributed by atoms with E-state index in [2.05, 4.69) is 4.74 Å². The number of hydrogen-bond donors (Lipinski definition) is 2. The van der Waals surface area contributed by atoms with Crippen molar-refractivity contribution >= 4 is 5.97 Å². The minimum Gasteiger partial charge on any atom is -0.461 e. The van der Waals surface area contributed by atoms with E-state index in [0.717, 1.165) is 0 Å². The molecule has 16 heavy (non-hydrogen) atoms. The summed E-state index contributed by atoms with van der Waals surface area (Å²) in [5.74, 6) is -8.30. The maximum atomic E-state index is 12.2. The van der Waals surface area contributed by atoms with Crippen LogP contribution in [0.2, 0.25) is 0 Å². The third-order valence-corrected chi connectivity index (χ3v) is 1.51. The second kappa shape index (κ2) is 5.39. The summed E-state index contributed by atoms with van der Waals surface area (Å²) in [5.41, 5.74) is 0. The average molecular weight is 252 g/mol. The Hall–Kier alpha value is -0.960. The minimum atomic E-state index is -6.01. The molecule has 1 unspecified atom stereocenters. The SMILES string of the molecule is O=C(OCCC(O)CO)C(F)(F)C(F)(F)F. The van der Waals surface area contributed by atoms with E-state index in [-0.39, 0.29) is 0 Å². The fraction of sp³-hybridized carbons (Fsp3) is 0.857. The van der Waals surface area contributed by atoms with E-state index in [0.29, 0.717) is 0 Å². The van der Waals surface area contributed by atoms with Gasteiger partial charge in [-0.15, -0.1) is 0 Å². The highest BCUT2D eigenvalue weighted by atomic mass is 19.4. The molecule has 0 rings (SSSR count). The molecule has 96 valence electrons. The summed E-state index contributed by atoms with van der Waals surface area (Å²) in [6.07, 6.45) is -7.79. The van der Waals surface area contributed by atoms with Crippen LogP contribution in [0.1, 0.15) is 6.42 Å². The van der Waals surface area contributed by atoms with Gasteiger partial charge in [-0.3, -0.25) is 0 Å². The molecule has 0 saturated carbocycles. The molecule has 1 atom stereocenters. The first-order valence-corrected chi connectivity index (χ1v) is 4.03. The summed E-state index contributed by atoms with van der Waals surface area (Å²) < 4.78 is 62.9. The number of hydrogen-bond acceptors (Lipinski definition) is 4. The molecule has 0 aromatic rings. The number of aliphatic hydroxyl groups excluding tert-OH is 2. The van der Waals surface area contributed by atoms with Gasteiger partial charge in [-0.25, -0.2) is 4.79 Å². The van der Waals surface area contributed by atoms with Crippen LogP contribution in [0, 0.1) is 0 Å². The Bertz CT molecular complexity index is 239. The van der Waals surface area contributed by atoms with Crippen LogP contribution in [0.3, 0.4) is 0 Å². The highest BCUT2D eigenvalue weighted by molar-refractivity contribution is 5.78. The van der Waals surface area contributed by atoms with Gasteiger partial charge in [0, 0.05) is 6.42 Å². The quantitative estimate of drug-likeness (QED) is 0.551. The minimum absolute atomic E-state index is 0.434. The normalized spacial score (nSPS) is 14.7. The van der Waals surface area contributed by atoms with E-state index in [1.165, 1.54) is 0 Å². The van der Waals surface area contributed by atoms with Crippen molar-refractivity contribution in [1.82, 2.24) is 0 Å². The maximum absolute atomic E-state index is 12.2. The van der Waals surface area contributed by atoms with Crippen molar-refractivity contribution in [3.05, 3.63) is 0 Å². The number of alkyl halides is 5. The molecular formula is C7H9F5O4. The Morgan fingerprint density at radius 2 is 1.75 bits per heavy atom. The van der Waals surface area contributed by atoms with E-state index in [9.17, 15) is 26.7 Å². The lowest BCUT2D eigenvalue weighted by Gasteiger charge is -2.18. The van der Waals surface area contributed by atoms with Crippen LogP contribution in [0.25, 0.3) is 0 Å². The largest absolute Gasteiger partial charge is 0.465 e. The molecule has 0 saturated heterocycles. The average Bonchev–Trinajstić information content (AvgIpc) is 2.15. The van der Waals surface area contributed by atoms with E-state index in [1.54, 1.807) is 0 Å². The van der Waals surface area contributed by atoms with Gasteiger partial charge in [0.15, 0.2) is 0 Å². The molecule has 0 aromatic heterocycles. The molecule has 0 fully saturated rings. The van der Waals surface area contributed by atoms with Gasteiger partial charge in [0.25, 0.3) is 0 Å². The van der Waals surface area contributed by atoms with Crippen LogP contribution in [0.5, 0.6) is 0 Å². The van der Waals surface area contributed by atoms with Gasteiger partial charge >= 0.3 is 18.1 Å². The summed E-state index contributed by atoms with van der Waals surface area (Å²) in [7, 11) is 0. The summed E-state index contributed by atoms with van der Waals surface area (Å²) in [5, 5.41) is 17.0. The zero-order valence-corrected chi connectivity index (χ0v) is 7.80. The zero-order valence-electron chi connectivity index (χ0n) is 7.80. The van der Waals surface area contributed by atoms with Gasteiger partial charge in [0.05, 0.1) is 19.3 Å². The third kappa shape index (κ3) is 3.89.